The monoisotopic (exact) mass is 368 g/mol. The third-order valence-electron chi connectivity index (χ3n) is 3.72. The van der Waals surface area contributed by atoms with Gasteiger partial charge in [0.15, 0.2) is 5.96 Å². The molecule has 0 fully saturated rings. The second kappa shape index (κ2) is 14.2. The Kier molecular flexibility index (Phi) is 13.6. The molecule has 0 radical (unpaired) electrons. The van der Waals surface area contributed by atoms with Gasteiger partial charge >= 0.3 is 6.18 Å². The molecule has 2 N–H and O–H groups in total. The number of hydrogen-bond acceptors (Lipinski definition) is 3. The summed E-state index contributed by atoms with van der Waals surface area (Å²) in [4.78, 5) is 6.78. The lowest BCUT2D eigenvalue weighted by Crippen LogP contribution is -2.42. The molecule has 1 atom stereocenters. The van der Waals surface area contributed by atoms with Crippen molar-refractivity contribution in [2.24, 2.45) is 4.99 Å². The first-order valence-electron chi connectivity index (χ1n) is 9.24. The van der Waals surface area contributed by atoms with E-state index in [9.17, 15) is 13.2 Å². The summed E-state index contributed by atoms with van der Waals surface area (Å²) in [5.74, 6) is 0.702. The van der Waals surface area contributed by atoms with E-state index in [-0.39, 0.29) is 12.6 Å². The quantitative estimate of drug-likeness (QED) is 0.298. The summed E-state index contributed by atoms with van der Waals surface area (Å²) in [5, 5.41) is 6.50. The minimum Gasteiger partial charge on any atom is -0.372 e. The molecule has 0 aromatic rings. The summed E-state index contributed by atoms with van der Waals surface area (Å²) < 4.78 is 40.5. The minimum absolute atomic E-state index is 0.0574. The summed E-state index contributed by atoms with van der Waals surface area (Å²) in [5.41, 5.74) is 0. The predicted octanol–water partition coefficient (Wildman–Crippen LogP) is 3.02. The van der Waals surface area contributed by atoms with Gasteiger partial charge in [-0.25, -0.2) is 0 Å². The lowest BCUT2D eigenvalue weighted by atomic mass is 10.2. The molecule has 0 aliphatic carbocycles. The molecule has 1 unspecified atom stereocenters. The van der Waals surface area contributed by atoms with Gasteiger partial charge in [0.05, 0.1) is 0 Å². The highest BCUT2D eigenvalue weighted by molar-refractivity contribution is 5.79. The standard InChI is InChI=1S/C17H35F3N4O/c1-5-21-16(22-11-9-13-25-14-17(18,19)20)23-15(4)10-8-12-24(6-2)7-3/h15H,5-14H2,1-4H3,(H2,21,22,23). The molecule has 0 aliphatic heterocycles. The van der Waals surface area contributed by atoms with Crippen LogP contribution >= 0.6 is 0 Å². The fraction of sp³-hybridized carbons (Fsp3) is 0.941. The SMILES string of the molecule is CCNC(=NCCCOCC(F)(F)F)NC(C)CCCN(CC)CC. The van der Waals surface area contributed by atoms with Crippen molar-refractivity contribution in [3.63, 3.8) is 0 Å². The van der Waals surface area contributed by atoms with Gasteiger partial charge in [0, 0.05) is 25.7 Å². The van der Waals surface area contributed by atoms with E-state index in [1.54, 1.807) is 0 Å². The maximum absolute atomic E-state index is 12.0. The van der Waals surface area contributed by atoms with E-state index in [0.717, 1.165) is 39.0 Å². The number of nitrogens with one attached hydrogen (secondary N) is 2. The van der Waals surface area contributed by atoms with Crippen LogP contribution in [0, 0.1) is 0 Å². The van der Waals surface area contributed by atoms with Crippen LogP contribution in [0.2, 0.25) is 0 Å². The van der Waals surface area contributed by atoms with E-state index in [0.29, 0.717) is 18.9 Å². The van der Waals surface area contributed by atoms with Crippen molar-refractivity contribution in [2.75, 3.05) is 45.9 Å². The normalized spacial score (nSPS) is 14.0. The van der Waals surface area contributed by atoms with Gasteiger partial charge in [-0.05, 0) is 52.7 Å². The zero-order valence-electron chi connectivity index (χ0n) is 16.1. The average molecular weight is 368 g/mol. The molecule has 0 bridgehead atoms. The Morgan fingerprint density at radius 3 is 2.40 bits per heavy atom. The summed E-state index contributed by atoms with van der Waals surface area (Å²) in [7, 11) is 0. The number of guanidine groups is 1. The second-order valence-corrected chi connectivity index (χ2v) is 6.00. The van der Waals surface area contributed by atoms with E-state index in [4.69, 9.17) is 0 Å². The van der Waals surface area contributed by atoms with Crippen LogP contribution in [0.15, 0.2) is 4.99 Å². The number of rotatable bonds is 13. The van der Waals surface area contributed by atoms with Crippen molar-refractivity contribution in [2.45, 2.75) is 59.2 Å². The maximum Gasteiger partial charge on any atom is 0.411 e. The fourth-order valence-corrected chi connectivity index (χ4v) is 2.33. The molecule has 0 rings (SSSR count). The molecule has 0 aromatic heterocycles. The first-order chi connectivity index (χ1) is 11.8. The van der Waals surface area contributed by atoms with Gasteiger partial charge in [-0.2, -0.15) is 13.2 Å². The highest BCUT2D eigenvalue weighted by atomic mass is 19.4. The van der Waals surface area contributed by atoms with E-state index >= 15 is 0 Å². The fourth-order valence-electron chi connectivity index (χ4n) is 2.33. The molecule has 8 heteroatoms. The van der Waals surface area contributed by atoms with Crippen molar-refractivity contribution in [1.29, 1.82) is 0 Å². The van der Waals surface area contributed by atoms with Gasteiger partial charge < -0.3 is 20.3 Å². The lowest BCUT2D eigenvalue weighted by Gasteiger charge is -2.21. The number of nitrogens with zero attached hydrogens (tertiary/aromatic N) is 2. The molecule has 0 spiro atoms. The topological polar surface area (TPSA) is 48.9 Å². The number of alkyl halides is 3. The second-order valence-electron chi connectivity index (χ2n) is 6.00. The highest BCUT2D eigenvalue weighted by Gasteiger charge is 2.27. The van der Waals surface area contributed by atoms with Crippen LogP contribution in [0.1, 0.15) is 47.0 Å². The zero-order valence-corrected chi connectivity index (χ0v) is 16.1. The zero-order chi connectivity index (χ0) is 19.1. The van der Waals surface area contributed by atoms with Crippen LogP contribution < -0.4 is 10.6 Å². The average Bonchev–Trinajstić information content (AvgIpc) is 2.54. The van der Waals surface area contributed by atoms with E-state index in [1.807, 2.05) is 6.92 Å². The molecule has 0 amide bonds. The van der Waals surface area contributed by atoms with E-state index < -0.39 is 12.8 Å². The molecular weight excluding hydrogens is 333 g/mol. The Bertz CT molecular complexity index is 347. The number of ether oxygens (including phenoxy) is 1. The van der Waals surface area contributed by atoms with Crippen molar-refractivity contribution in [3.8, 4) is 0 Å². The Labute approximate surface area is 150 Å². The van der Waals surface area contributed by atoms with Gasteiger partial charge in [-0.3, -0.25) is 4.99 Å². The van der Waals surface area contributed by atoms with Gasteiger partial charge in [0.25, 0.3) is 0 Å². The van der Waals surface area contributed by atoms with Crippen molar-refractivity contribution < 1.29 is 17.9 Å². The first kappa shape index (κ1) is 24.0. The van der Waals surface area contributed by atoms with E-state index in [2.05, 4.69) is 46.0 Å². The summed E-state index contributed by atoms with van der Waals surface area (Å²) in [6.45, 7) is 11.7. The lowest BCUT2D eigenvalue weighted by molar-refractivity contribution is -0.173. The molecule has 0 heterocycles. The van der Waals surface area contributed by atoms with Gasteiger partial charge in [0.2, 0.25) is 0 Å². The van der Waals surface area contributed by atoms with Crippen molar-refractivity contribution >= 4 is 5.96 Å². The Hall–Kier alpha value is -1.02. The van der Waals surface area contributed by atoms with Crippen LogP contribution in [0.3, 0.4) is 0 Å². The molecule has 0 aliphatic rings. The highest BCUT2D eigenvalue weighted by Crippen LogP contribution is 2.14. The maximum atomic E-state index is 12.0. The smallest absolute Gasteiger partial charge is 0.372 e. The Morgan fingerprint density at radius 1 is 1.16 bits per heavy atom. The van der Waals surface area contributed by atoms with Gasteiger partial charge in [-0.15, -0.1) is 0 Å². The van der Waals surface area contributed by atoms with Crippen LogP contribution in [0.5, 0.6) is 0 Å². The molecule has 0 saturated heterocycles. The number of halogens is 3. The Morgan fingerprint density at radius 2 is 1.84 bits per heavy atom. The largest absolute Gasteiger partial charge is 0.411 e. The van der Waals surface area contributed by atoms with Gasteiger partial charge in [-0.1, -0.05) is 13.8 Å². The van der Waals surface area contributed by atoms with Crippen molar-refractivity contribution in [1.82, 2.24) is 15.5 Å². The van der Waals surface area contributed by atoms with Crippen LogP contribution in [-0.2, 0) is 4.74 Å². The summed E-state index contributed by atoms with van der Waals surface area (Å²) in [6.07, 6.45) is -1.65. The summed E-state index contributed by atoms with van der Waals surface area (Å²) >= 11 is 0. The van der Waals surface area contributed by atoms with Crippen LogP contribution in [-0.4, -0.2) is 69.0 Å². The predicted molar refractivity (Wildman–Crippen MR) is 97.1 cm³/mol. The van der Waals surface area contributed by atoms with Crippen LogP contribution in [0.25, 0.3) is 0 Å². The summed E-state index contributed by atoms with van der Waals surface area (Å²) in [6, 6.07) is 0.287. The minimum atomic E-state index is -4.26. The molecular formula is C17H35F3N4O. The molecule has 150 valence electrons. The third-order valence-corrected chi connectivity index (χ3v) is 3.72. The molecule has 0 aromatic carbocycles. The molecule has 25 heavy (non-hydrogen) atoms. The third kappa shape index (κ3) is 15.0. The van der Waals surface area contributed by atoms with Crippen LogP contribution in [0.4, 0.5) is 13.2 Å². The first-order valence-corrected chi connectivity index (χ1v) is 9.24. The van der Waals surface area contributed by atoms with Gasteiger partial charge in [0.1, 0.15) is 6.61 Å². The van der Waals surface area contributed by atoms with Crippen molar-refractivity contribution in [3.05, 3.63) is 0 Å². The molecule has 0 saturated carbocycles. The number of hydrogen-bond donors (Lipinski definition) is 2. The number of aliphatic imine (C=N–C) groups is 1. The Balaban J connectivity index is 4.04. The molecule has 5 nitrogen and oxygen atoms in total. The van der Waals surface area contributed by atoms with E-state index in [1.165, 1.54) is 0 Å².